The number of halogens is 1. The summed E-state index contributed by atoms with van der Waals surface area (Å²) in [5.74, 6) is -1.25. The molecule has 2 rings (SSSR count). The Morgan fingerprint density at radius 1 is 1.25 bits per heavy atom. The highest BCUT2D eigenvalue weighted by Gasteiger charge is 2.16. The number of hydrogen-bond acceptors (Lipinski definition) is 3. The molecule has 1 aromatic carbocycles. The first-order valence-corrected chi connectivity index (χ1v) is 6.43. The number of aryl methyl sites for hydroxylation is 1. The van der Waals surface area contributed by atoms with Gasteiger partial charge in [0.25, 0.3) is 0 Å². The van der Waals surface area contributed by atoms with E-state index in [1.165, 1.54) is 11.1 Å². The van der Waals surface area contributed by atoms with Crippen LogP contribution in [0.4, 0.5) is 0 Å². The Kier molecular flexibility index (Phi) is 6.48. The number of carboxylic acid groups (broad SMARTS) is 1. The van der Waals surface area contributed by atoms with E-state index in [1.54, 1.807) is 0 Å². The van der Waals surface area contributed by atoms with Gasteiger partial charge in [-0.2, -0.15) is 0 Å². The standard InChI is InChI=1S/C14H18N2O3.ClH/c17-13(15-8-14(18)19)10-16-7-3-6-11-4-1-2-5-12(11)9-16;/h1-2,4-5H,3,6-10H2,(H,15,17)(H,18,19);1H. The van der Waals surface area contributed by atoms with Crippen LogP contribution in [-0.2, 0) is 22.6 Å². The lowest BCUT2D eigenvalue weighted by molar-refractivity contribution is -0.138. The number of aliphatic carboxylic acids is 1. The molecule has 0 spiro atoms. The molecule has 110 valence electrons. The first-order chi connectivity index (χ1) is 9.15. The summed E-state index contributed by atoms with van der Waals surface area (Å²) in [5, 5.41) is 10.9. The molecule has 0 saturated carbocycles. The normalized spacial score (nSPS) is 14.6. The Morgan fingerprint density at radius 3 is 2.65 bits per heavy atom. The molecule has 0 bridgehead atoms. The van der Waals surface area contributed by atoms with Gasteiger partial charge in [-0.3, -0.25) is 14.5 Å². The maximum atomic E-state index is 11.6. The summed E-state index contributed by atoms with van der Waals surface area (Å²) in [6, 6.07) is 8.26. The number of amides is 1. The van der Waals surface area contributed by atoms with Crippen molar-refractivity contribution >= 4 is 24.3 Å². The average Bonchev–Trinajstić information content (AvgIpc) is 2.58. The zero-order valence-corrected chi connectivity index (χ0v) is 12.0. The SMILES string of the molecule is Cl.O=C(O)CNC(=O)CN1CCCc2ccccc2C1. The van der Waals surface area contributed by atoms with Crippen LogP contribution in [-0.4, -0.2) is 41.5 Å². The van der Waals surface area contributed by atoms with E-state index in [0.717, 1.165) is 25.9 Å². The Morgan fingerprint density at radius 2 is 1.95 bits per heavy atom. The Balaban J connectivity index is 0.00000200. The molecule has 6 heteroatoms. The van der Waals surface area contributed by atoms with Gasteiger partial charge in [-0.25, -0.2) is 0 Å². The van der Waals surface area contributed by atoms with Crippen LogP contribution >= 0.6 is 12.4 Å². The van der Waals surface area contributed by atoms with E-state index >= 15 is 0 Å². The minimum Gasteiger partial charge on any atom is -0.480 e. The van der Waals surface area contributed by atoms with Crippen molar-refractivity contribution in [2.75, 3.05) is 19.6 Å². The molecule has 5 nitrogen and oxygen atoms in total. The van der Waals surface area contributed by atoms with E-state index in [9.17, 15) is 9.59 Å². The van der Waals surface area contributed by atoms with Crippen LogP contribution in [0.2, 0.25) is 0 Å². The Bertz CT molecular complexity index is 479. The summed E-state index contributed by atoms with van der Waals surface area (Å²) >= 11 is 0. The summed E-state index contributed by atoms with van der Waals surface area (Å²) in [6.07, 6.45) is 2.05. The Hall–Kier alpha value is -1.59. The predicted molar refractivity (Wildman–Crippen MR) is 77.9 cm³/mol. The highest BCUT2D eigenvalue weighted by molar-refractivity contribution is 5.85. The number of carboxylic acids is 1. The van der Waals surface area contributed by atoms with Gasteiger partial charge in [0.15, 0.2) is 0 Å². The van der Waals surface area contributed by atoms with E-state index in [2.05, 4.69) is 22.3 Å². The van der Waals surface area contributed by atoms with Crippen molar-refractivity contribution in [3.63, 3.8) is 0 Å². The Labute approximate surface area is 124 Å². The maximum absolute atomic E-state index is 11.6. The van der Waals surface area contributed by atoms with Crippen LogP contribution < -0.4 is 5.32 Å². The van der Waals surface area contributed by atoms with E-state index in [0.29, 0.717) is 0 Å². The van der Waals surface area contributed by atoms with Gasteiger partial charge in [-0.15, -0.1) is 12.4 Å². The molecule has 0 fully saturated rings. The fraction of sp³-hybridized carbons (Fsp3) is 0.429. The molecule has 20 heavy (non-hydrogen) atoms. The van der Waals surface area contributed by atoms with Crippen LogP contribution in [0.25, 0.3) is 0 Å². The second-order valence-corrected chi connectivity index (χ2v) is 4.75. The molecular formula is C14H19ClN2O3. The zero-order chi connectivity index (χ0) is 13.7. The summed E-state index contributed by atoms with van der Waals surface area (Å²) in [5.41, 5.74) is 2.60. The number of carbonyl (C=O) groups is 2. The second-order valence-electron chi connectivity index (χ2n) is 4.75. The molecule has 0 radical (unpaired) electrons. The highest BCUT2D eigenvalue weighted by atomic mass is 35.5. The molecule has 0 unspecified atom stereocenters. The first kappa shape index (κ1) is 16.5. The topological polar surface area (TPSA) is 69.6 Å². The molecule has 0 saturated heterocycles. The van der Waals surface area contributed by atoms with Crippen molar-refractivity contribution in [1.82, 2.24) is 10.2 Å². The molecule has 2 N–H and O–H groups in total. The van der Waals surface area contributed by atoms with Gasteiger partial charge >= 0.3 is 5.97 Å². The molecule has 1 amide bonds. The minimum atomic E-state index is -1.02. The summed E-state index contributed by atoms with van der Waals surface area (Å²) in [6.45, 7) is 1.54. The number of rotatable bonds is 4. The van der Waals surface area contributed by atoms with Crippen LogP contribution in [0.15, 0.2) is 24.3 Å². The van der Waals surface area contributed by atoms with E-state index in [-0.39, 0.29) is 31.4 Å². The second kappa shape index (κ2) is 7.87. The smallest absolute Gasteiger partial charge is 0.322 e. The van der Waals surface area contributed by atoms with E-state index in [1.807, 2.05) is 12.1 Å². The molecule has 1 aromatic rings. The number of carbonyl (C=O) groups excluding carboxylic acids is 1. The van der Waals surface area contributed by atoms with Crippen molar-refractivity contribution in [2.24, 2.45) is 0 Å². The minimum absolute atomic E-state index is 0. The third kappa shape index (κ3) is 4.83. The van der Waals surface area contributed by atoms with E-state index in [4.69, 9.17) is 5.11 Å². The van der Waals surface area contributed by atoms with Crippen molar-refractivity contribution in [2.45, 2.75) is 19.4 Å². The van der Waals surface area contributed by atoms with Crippen molar-refractivity contribution in [1.29, 1.82) is 0 Å². The van der Waals surface area contributed by atoms with Gasteiger partial charge in [-0.1, -0.05) is 24.3 Å². The van der Waals surface area contributed by atoms with Crippen LogP contribution in [0.5, 0.6) is 0 Å². The number of fused-ring (bicyclic) bond motifs is 1. The number of nitrogens with zero attached hydrogens (tertiary/aromatic N) is 1. The maximum Gasteiger partial charge on any atom is 0.322 e. The third-order valence-electron chi connectivity index (χ3n) is 3.24. The number of benzene rings is 1. The lowest BCUT2D eigenvalue weighted by atomic mass is 10.0. The van der Waals surface area contributed by atoms with E-state index < -0.39 is 5.97 Å². The fourth-order valence-electron chi connectivity index (χ4n) is 2.34. The van der Waals surface area contributed by atoms with Crippen molar-refractivity contribution < 1.29 is 14.7 Å². The molecule has 0 atom stereocenters. The molecular weight excluding hydrogens is 280 g/mol. The molecule has 0 aliphatic carbocycles. The van der Waals surface area contributed by atoms with Gasteiger partial charge in [0, 0.05) is 6.54 Å². The molecule has 0 aromatic heterocycles. The predicted octanol–water partition coefficient (Wildman–Crippen LogP) is 1.06. The molecule has 1 aliphatic rings. The third-order valence-corrected chi connectivity index (χ3v) is 3.24. The lowest BCUT2D eigenvalue weighted by Crippen LogP contribution is -2.39. The van der Waals surface area contributed by atoms with Gasteiger partial charge in [0.05, 0.1) is 6.54 Å². The van der Waals surface area contributed by atoms with Crippen LogP contribution in [0.1, 0.15) is 17.5 Å². The molecule has 1 heterocycles. The average molecular weight is 299 g/mol. The first-order valence-electron chi connectivity index (χ1n) is 6.43. The highest BCUT2D eigenvalue weighted by Crippen LogP contribution is 2.17. The summed E-state index contributed by atoms with van der Waals surface area (Å²) in [7, 11) is 0. The zero-order valence-electron chi connectivity index (χ0n) is 11.2. The number of hydrogen-bond donors (Lipinski definition) is 2. The van der Waals surface area contributed by atoms with Crippen LogP contribution in [0, 0.1) is 0 Å². The van der Waals surface area contributed by atoms with Crippen molar-refractivity contribution in [3.05, 3.63) is 35.4 Å². The van der Waals surface area contributed by atoms with Gasteiger partial charge < -0.3 is 10.4 Å². The number of nitrogens with one attached hydrogen (secondary N) is 1. The monoisotopic (exact) mass is 298 g/mol. The fourth-order valence-corrected chi connectivity index (χ4v) is 2.34. The van der Waals surface area contributed by atoms with Gasteiger partial charge in [0.1, 0.15) is 6.54 Å². The largest absolute Gasteiger partial charge is 0.480 e. The van der Waals surface area contributed by atoms with Gasteiger partial charge in [-0.05, 0) is 30.5 Å². The van der Waals surface area contributed by atoms with Crippen molar-refractivity contribution in [3.8, 4) is 0 Å². The quantitative estimate of drug-likeness (QED) is 0.872. The molecule has 1 aliphatic heterocycles. The van der Waals surface area contributed by atoms with Gasteiger partial charge in [0.2, 0.25) is 5.91 Å². The summed E-state index contributed by atoms with van der Waals surface area (Å²) < 4.78 is 0. The van der Waals surface area contributed by atoms with Crippen LogP contribution in [0.3, 0.4) is 0 Å². The summed E-state index contributed by atoms with van der Waals surface area (Å²) in [4.78, 5) is 24.1. The lowest BCUT2D eigenvalue weighted by Gasteiger charge is -2.19.